The minimum absolute atomic E-state index is 0.175. The molecule has 5 nitrogen and oxygen atoms in total. The summed E-state index contributed by atoms with van der Waals surface area (Å²) in [4.78, 5) is 14.2. The van der Waals surface area contributed by atoms with E-state index in [2.05, 4.69) is 32.6 Å². The van der Waals surface area contributed by atoms with Gasteiger partial charge in [0.1, 0.15) is 5.82 Å². The number of hydrogen-bond acceptors (Lipinski definition) is 3. The molecule has 1 aromatic heterocycles. The minimum Gasteiger partial charge on any atom is -0.317 e. The van der Waals surface area contributed by atoms with Crippen LogP contribution in [0.4, 0.5) is 0 Å². The molecule has 18 heavy (non-hydrogen) atoms. The third-order valence-electron chi connectivity index (χ3n) is 3.74. The van der Waals surface area contributed by atoms with E-state index in [1.807, 2.05) is 18.2 Å². The van der Waals surface area contributed by atoms with Crippen LogP contribution in [0.2, 0.25) is 0 Å². The van der Waals surface area contributed by atoms with Gasteiger partial charge in [-0.05, 0) is 31.5 Å². The maximum absolute atomic E-state index is 11.3. The van der Waals surface area contributed by atoms with E-state index in [-0.39, 0.29) is 11.1 Å². The van der Waals surface area contributed by atoms with Gasteiger partial charge in [-0.1, -0.05) is 30.3 Å². The van der Waals surface area contributed by atoms with Gasteiger partial charge in [-0.15, -0.1) is 0 Å². The summed E-state index contributed by atoms with van der Waals surface area (Å²) >= 11 is 0. The molecule has 1 aliphatic heterocycles. The van der Waals surface area contributed by atoms with Crippen LogP contribution in [0.25, 0.3) is 0 Å². The fourth-order valence-corrected chi connectivity index (χ4v) is 2.77. The van der Waals surface area contributed by atoms with Crippen LogP contribution in [0.1, 0.15) is 24.2 Å². The zero-order valence-corrected chi connectivity index (χ0v) is 10.1. The van der Waals surface area contributed by atoms with E-state index in [0.717, 1.165) is 31.8 Å². The number of H-pyrrole nitrogens is 2. The molecule has 1 aromatic carbocycles. The van der Waals surface area contributed by atoms with Gasteiger partial charge in [-0.2, -0.15) is 5.10 Å². The van der Waals surface area contributed by atoms with E-state index < -0.39 is 0 Å². The molecule has 1 saturated heterocycles. The molecular weight excluding hydrogens is 228 g/mol. The average molecular weight is 244 g/mol. The van der Waals surface area contributed by atoms with Crippen LogP contribution in [0.15, 0.2) is 35.1 Å². The number of piperidine rings is 1. The molecule has 0 atom stereocenters. The molecule has 0 unspecified atom stereocenters. The first-order valence-corrected chi connectivity index (χ1v) is 6.23. The number of benzene rings is 1. The van der Waals surface area contributed by atoms with Crippen molar-refractivity contribution in [3.63, 3.8) is 0 Å². The Bertz CT molecular complexity index is 566. The quantitative estimate of drug-likeness (QED) is 0.730. The van der Waals surface area contributed by atoms with E-state index in [1.54, 1.807) is 0 Å². The first-order chi connectivity index (χ1) is 8.81. The minimum atomic E-state index is -0.237. The van der Waals surface area contributed by atoms with Gasteiger partial charge in [0, 0.05) is 0 Å². The largest absolute Gasteiger partial charge is 0.340 e. The molecule has 3 rings (SSSR count). The van der Waals surface area contributed by atoms with Crippen molar-refractivity contribution in [2.24, 2.45) is 0 Å². The second-order valence-corrected chi connectivity index (χ2v) is 4.72. The molecule has 0 bridgehead atoms. The lowest BCUT2D eigenvalue weighted by molar-refractivity contribution is 0.346. The number of rotatable bonds is 2. The second-order valence-electron chi connectivity index (χ2n) is 4.72. The third kappa shape index (κ3) is 1.76. The third-order valence-corrected chi connectivity index (χ3v) is 3.74. The SMILES string of the molecule is O=c1[nH]nc(C2(c3ccccc3)CCNCC2)[nH]1. The van der Waals surface area contributed by atoms with Crippen LogP contribution in [-0.2, 0) is 5.41 Å². The Labute approximate surface area is 105 Å². The number of nitrogens with one attached hydrogen (secondary N) is 3. The first-order valence-electron chi connectivity index (χ1n) is 6.23. The predicted octanol–water partition coefficient (Wildman–Crippen LogP) is 0.767. The maximum atomic E-state index is 11.3. The molecule has 94 valence electrons. The number of aromatic nitrogens is 3. The lowest BCUT2D eigenvalue weighted by Crippen LogP contribution is -2.41. The Hall–Kier alpha value is -1.88. The van der Waals surface area contributed by atoms with Crippen LogP contribution < -0.4 is 11.0 Å². The summed E-state index contributed by atoms with van der Waals surface area (Å²) < 4.78 is 0. The second kappa shape index (κ2) is 4.42. The number of aromatic amines is 2. The van der Waals surface area contributed by atoms with Crippen molar-refractivity contribution >= 4 is 0 Å². The zero-order valence-electron chi connectivity index (χ0n) is 10.1. The molecule has 3 N–H and O–H groups in total. The fraction of sp³-hybridized carbons (Fsp3) is 0.385. The molecule has 1 fully saturated rings. The molecule has 0 amide bonds. The highest BCUT2D eigenvalue weighted by atomic mass is 16.1. The Morgan fingerprint density at radius 2 is 1.83 bits per heavy atom. The molecule has 5 heteroatoms. The molecular formula is C13H16N4O. The van der Waals surface area contributed by atoms with Gasteiger partial charge in [0.2, 0.25) is 0 Å². The van der Waals surface area contributed by atoms with Gasteiger partial charge in [-0.25, -0.2) is 9.89 Å². The lowest BCUT2D eigenvalue weighted by atomic mass is 9.72. The Balaban J connectivity index is 2.12. The standard InChI is InChI=1S/C13H16N4O/c18-12-15-11(16-17-12)13(6-8-14-9-7-13)10-4-2-1-3-5-10/h1-5,14H,6-9H2,(H2,15,16,17,18). The van der Waals surface area contributed by atoms with Gasteiger partial charge in [-0.3, -0.25) is 4.98 Å². The van der Waals surface area contributed by atoms with Gasteiger partial charge in [0.05, 0.1) is 5.41 Å². The van der Waals surface area contributed by atoms with Gasteiger partial charge in [0.25, 0.3) is 0 Å². The van der Waals surface area contributed by atoms with E-state index in [9.17, 15) is 4.79 Å². The molecule has 0 aliphatic carbocycles. The van der Waals surface area contributed by atoms with Crippen molar-refractivity contribution in [2.45, 2.75) is 18.3 Å². The van der Waals surface area contributed by atoms with Crippen molar-refractivity contribution in [3.8, 4) is 0 Å². The topological polar surface area (TPSA) is 73.6 Å². The lowest BCUT2D eigenvalue weighted by Gasteiger charge is -2.36. The molecule has 0 saturated carbocycles. The highest BCUT2D eigenvalue weighted by molar-refractivity contribution is 5.33. The molecule has 2 heterocycles. The Kier molecular flexibility index (Phi) is 2.76. The molecule has 1 aliphatic rings. The Morgan fingerprint density at radius 3 is 2.44 bits per heavy atom. The highest BCUT2D eigenvalue weighted by Gasteiger charge is 2.38. The van der Waals surface area contributed by atoms with Gasteiger partial charge in [0.15, 0.2) is 0 Å². The van der Waals surface area contributed by atoms with Crippen molar-refractivity contribution in [2.75, 3.05) is 13.1 Å². The number of hydrogen-bond donors (Lipinski definition) is 3. The van der Waals surface area contributed by atoms with E-state index in [4.69, 9.17) is 0 Å². The monoisotopic (exact) mass is 244 g/mol. The predicted molar refractivity (Wildman–Crippen MR) is 68.5 cm³/mol. The smallest absolute Gasteiger partial charge is 0.317 e. The van der Waals surface area contributed by atoms with Gasteiger partial charge >= 0.3 is 5.69 Å². The van der Waals surface area contributed by atoms with Crippen LogP contribution in [0, 0.1) is 0 Å². The summed E-state index contributed by atoms with van der Waals surface area (Å²) in [5.74, 6) is 0.750. The summed E-state index contributed by atoms with van der Waals surface area (Å²) in [5, 5.41) is 10.0. The molecule has 2 aromatic rings. The fourth-order valence-electron chi connectivity index (χ4n) is 2.77. The van der Waals surface area contributed by atoms with Crippen molar-refractivity contribution in [3.05, 3.63) is 52.2 Å². The summed E-state index contributed by atoms with van der Waals surface area (Å²) in [6.07, 6.45) is 1.88. The van der Waals surface area contributed by atoms with Crippen LogP contribution in [0.3, 0.4) is 0 Å². The Morgan fingerprint density at radius 1 is 1.11 bits per heavy atom. The maximum Gasteiger partial charge on any atom is 0.340 e. The summed E-state index contributed by atoms with van der Waals surface area (Å²) in [5.41, 5.74) is 0.805. The van der Waals surface area contributed by atoms with E-state index >= 15 is 0 Å². The zero-order chi connectivity index (χ0) is 12.4. The van der Waals surface area contributed by atoms with Crippen molar-refractivity contribution < 1.29 is 0 Å². The summed E-state index contributed by atoms with van der Waals surface area (Å²) in [6, 6.07) is 10.3. The normalized spacial score (nSPS) is 18.7. The summed E-state index contributed by atoms with van der Waals surface area (Å²) in [6.45, 7) is 1.87. The highest BCUT2D eigenvalue weighted by Crippen LogP contribution is 2.37. The van der Waals surface area contributed by atoms with E-state index in [1.165, 1.54) is 5.56 Å². The molecule has 0 radical (unpaired) electrons. The van der Waals surface area contributed by atoms with Crippen LogP contribution in [0.5, 0.6) is 0 Å². The van der Waals surface area contributed by atoms with Crippen LogP contribution >= 0.6 is 0 Å². The van der Waals surface area contributed by atoms with Gasteiger partial charge < -0.3 is 5.32 Å². The van der Waals surface area contributed by atoms with Crippen LogP contribution in [-0.4, -0.2) is 28.3 Å². The average Bonchev–Trinajstić information content (AvgIpc) is 2.88. The first kappa shape index (κ1) is 11.2. The van der Waals surface area contributed by atoms with E-state index in [0.29, 0.717) is 0 Å². The van der Waals surface area contributed by atoms with Crippen molar-refractivity contribution in [1.29, 1.82) is 0 Å². The van der Waals surface area contributed by atoms with Crippen molar-refractivity contribution in [1.82, 2.24) is 20.5 Å². The number of nitrogens with zero attached hydrogens (tertiary/aromatic N) is 1. The molecule has 0 spiro atoms. The summed E-state index contributed by atoms with van der Waals surface area (Å²) in [7, 11) is 0.